The molecule has 108 valence electrons. The third-order valence-electron chi connectivity index (χ3n) is 3.17. The maximum atomic E-state index is 12.1. The van der Waals surface area contributed by atoms with Crippen LogP contribution in [-0.4, -0.2) is 49.0 Å². The molecule has 1 atom stereocenters. The zero-order valence-electron chi connectivity index (χ0n) is 11.8. The van der Waals surface area contributed by atoms with Gasteiger partial charge in [-0.05, 0) is 0 Å². The third kappa shape index (κ3) is 2.72. The number of carbonyl (C=O) groups excluding carboxylic acids is 1. The molecule has 0 bridgehead atoms. The van der Waals surface area contributed by atoms with Crippen LogP contribution in [0.5, 0.6) is 0 Å². The zero-order chi connectivity index (χ0) is 14.9. The predicted octanol–water partition coefficient (Wildman–Crippen LogP) is 1.85. The molecule has 20 heavy (non-hydrogen) atoms. The standard InChI is InChI=1S/C13H18N4OS2/c1-8-7-17(4-5-19-8)13-9(6-14)10(15)11(20-13)12(18)16(2)3/h8H,4-5,7,15H2,1-3H3. The van der Waals surface area contributed by atoms with Crippen molar-refractivity contribution in [2.75, 3.05) is 43.6 Å². The van der Waals surface area contributed by atoms with Crippen LogP contribution in [0.4, 0.5) is 10.7 Å². The van der Waals surface area contributed by atoms with Crippen molar-refractivity contribution >= 4 is 39.7 Å². The second kappa shape index (κ2) is 5.94. The van der Waals surface area contributed by atoms with Crippen molar-refractivity contribution in [3.05, 3.63) is 10.4 Å². The number of nitrogen functional groups attached to an aromatic ring is 1. The predicted molar refractivity (Wildman–Crippen MR) is 85.6 cm³/mol. The van der Waals surface area contributed by atoms with E-state index < -0.39 is 0 Å². The van der Waals surface area contributed by atoms with Gasteiger partial charge in [0.2, 0.25) is 0 Å². The van der Waals surface area contributed by atoms with Gasteiger partial charge in [0.05, 0.1) is 5.69 Å². The zero-order valence-corrected chi connectivity index (χ0v) is 13.5. The van der Waals surface area contributed by atoms with E-state index in [9.17, 15) is 10.1 Å². The van der Waals surface area contributed by atoms with Gasteiger partial charge >= 0.3 is 0 Å². The molecule has 2 N–H and O–H groups in total. The number of nitrogens with two attached hydrogens (primary N) is 1. The number of nitriles is 1. The molecule has 1 aliphatic rings. The number of nitrogens with zero attached hydrogens (tertiary/aromatic N) is 3. The number of thioether (sulfide) groups is 1. The first-order valence-electron chi connectivity index (χ1n) is 6.36. The van der Waals surface area contributed by atoms with E-state index in [-0.39, 0.29) is 5.91 Å². The monoisotopic (exact) mass is 310 g/mol. The second-order valence-corrected chi connectivity index (χ2v) is 7.51. The molecule has 1 aromatic rings. The van der Waals surface area contributed by atoms with Gasteiger partial charge in [0.25, 0.3) is 5.91 Å². The van der Waals surface area contributed by atoms with Gasteiger partial charge in [-0.3, -0.25) is 4.79 Å². The van der Waals surface area contributed by atoms with Crippen molar-refractivity contribution in [1.82, 2.24) is 4.90 Å². The van der Waals surface area contributed by atoms with Gasteiger partial charge in [-0.15, -0.1) is 11.3 Å². The first-order valence-corrected chi connectivity index (χ1v) is 8.22. The number of carbonyl (C=O) groups is 1. The third-order valence-corrected chi connectivity index (χ3v) is 5.56. The average Bonchev–Trinajstić information content (AvgIpc) is 2.74. The highest BCUT2D eigenvalue weighted by Gasteiger charge is 2.27. The summed E-state index contributed by atoms with van der Waals surface area (Å²) < 4.78 is 0. The Kier molecular flexibility index (Phi) is 4.45. The fourth-order valence-electron chi connectivity index (χ4n) is 2.13. The average molecular weight is 310 g/mol. The van der Waals surface area contributed by atoms with E-state index in [4.69, 9.17) is 5.73 Å². The highest BCUT2D eigenvalue weighted by atomic mass is 32.2. The SMILES string of the molecule is CC1CN(c2sc(C(=O)N(C)C)c(N)c2C#N)CCS1. The summed E-state index contributed by atoms with van der Waals surface area (Å²) in [4.78, 5) is 16.2. The Labute approximate surface area is 127 Å². The number of thiophene rings is 1. The first kappa shape index (κ1) is 15.0. The van der Waals surface area contributed by atoms with E-state index in [1.165, 1.54) is 16.2 Å². The molecule has 0 spiro atoms. The van der Waals surface area contributed by atoms with Crippen molar-refractivity contribution in [2.24, 2.45) is 0 Å². The molecule has 7 heteroatoms. The molecule has 0 aromatic carbocycles. The van der Waals surface area contributed by atoms with Crippen molar-refractivity contribution in [2.45, 2.75) is 12.2 Å². The lowest BCUT2D eigenvalue weighted by Gasteiger charge is -2.31. The van der Waals surface area contributed by atoms with Gasteiger partial charge in [-0.25, -0.2) is 0 Å². The van der Waals surface area contributed by atoms with Gasteiger partial charge < -0.3 is 15.5 Å². The van der Waals surface area contributed by atoms with Crippen molar-refractivity contribution in [1.29, 1.82) is 5.26 Å². The highest BCUT2D eigenvalue weighted by molar-refractivity contribution is 8.00. The van der Waals surface area contributed by atoms with Crippen LogP contribution >= 0.6 is 23.1 Å². The van der Waals surface area contributed by atoms with E-state index in [1.807, 2.05) is 11.8 Å². The quantitative estimate of drug-likeness (QED) is 0.902. The van der Waals surface area contributed by atoms with Crippen LogP contribution in [0, 0.1) is 11.3 Å². The minimum atomic E-state index is -0.144. The molecule has 1 aliphatic heterocycles. The van der Waals surface area contributed by atoms with Crippen molar-refractivity contribution in [3.63, 3.8) is 0 Å². The normalized spacial score (nSPS) is 18.7. The molecule has 2 heterocycles. The van der Waals surface area contributed by atoms with Gasteiger partial charge in [0.1, 0.15) is 21.5 Å². The molecule has 1 aromatic heterocycles. The summed E-state index contributed by atoms with van der Waals surface area (Å²) in [5.41, 5.74) is 6.76. The Morgan fingerprint density at radius 2 is 2.25 bits per heavy atom. The summed E-state index contributed by atoms with van der Waals surface area (Å²) in [6.07, 6.45) is 0. The second-order valence-electron chi connectivity index (χ2n) is 4.96. The Bertz CT molecular complexity index is 561. The topological polar surface area (TPSA) is 73.4 Å². The van der Waals surface area contributed by atoms with Gasteiger partial charge in [0.15, 0.2) is 0 Å². The van der Waals surface area contributed by atoms with Crippen LogP contribution < -0.4 is 10.6 Å². The lowest BCUT2D eigenvalue weighted by Crippen LogP contribution is -2.36. The Balaban J connectivity index is 2.41. The van der Waals surface area contributed by atoms with Crippen LogP contribution in [0.2, 0.25) is 0 Å². The van der Waals surface area contributed by atoms with Gasteiger partial charge in [0, 0.05) is 38.2 Å². The smallest absolute Gasteiger partial charge is 0.265 e. The van der Waals surface area contributed by atoms with Gasteiger partial charge in [-0.1, -0.05) is 6.92 Å². The fraction of sp³-hybridized carbons (Fsp3) is 0.538. The van der Waals surface area contributed by atoms with Crippen molar-refractivity contribution < 1.29 is 4.79 Å². The Morgan fingerprint density at radius 3 is 2.80 bits per heavy atom. The Morgan fingerprint density at radius 1 is 1.55 bits per heavy atom. The molecule has 0 saturated carbocycles. The van der Waals surface area contributed by atoms with E-state index in [2.05, 4.69) is 17.9 Å². The molecule has 1 amide bonds. The fourth-order valence-corrected chi connectivity index (χ4v) is 4.37. The van der Waals surface area contributed by atoms with Crippen LogP contribution in [0.3, 0.4) is 0 Å². The summed E-state index contributed by atoms with van der Waals surface area (Å²) in [7, 11) is 3.37. The lowest BCUT2D eigenvalue weighted by molar-refractivity contribution is 0.0833. The van der Waals surface area contributed by atoms with E-state index in [1.54, 1.807) is 14.1 Å². The summed E-state index contributed by atoms with van der Waals surface area (Å²) in [6, 6.07) is 2.16. The van der Waals surface area contributed by atoms with Gasteiger partial charge in [-0.2, -0.15) is 17.0 Å². The molecule has 0 aliphatic carbocycles. The maximum Gasteiger partial charge on any atom is 0.265 e. The van der Waals surface area contributed by atoms with Crippen molar-refractivity contribution in [3.8, 4) is 6.07 Å². The minimum Gasteiger partial charge on any atom is -0.396 e. The molecule has 1 saturated heterocycles. The molecular formula is C13H18N4OS2. The first-order chi connectivity index (χ1) is 9.45. The lowest BCUT2D eigenvalue weighted by atomic mass is 10.2. The molecule has 2 rings (SSSR count). The molecule has 1 unspecified atom stereocenters. The van der Waals surface area contributed by atoms with Crippen LogP contribution in [0.15, 0.2) is 0 Å². The van der Waals surface area contributed by atoms with Crippen LogP contribution in [0.25, 0.3) is 0 Å². The van der Waals surface area contributed by atoms with E-state index in [0.29, 0.717) is 21.4 Å². The summed E-state index contributed by atoms with van der Waals surface area (Å²) in [5, 5.41) is 10.7. The molecule has 0 radical (unpaired) electrons. The highest BCUT2D eigenvalue weighted by Crippen LogP contribution is 2.39. The van der Waals surface area contributed by atoms with E-state index >= 15 is 0 Å². The molecule has 5 nitrogen and oxygen atoms in total. The number of amides is 1. The largest absolute Gasteiger partial charge is 0.396 e. The number of rotatable bonds is 2. The number of anilines is 2. The number of hydrogen-bond acceptors (Lipinski definition) is 6. The maximum absolute atomic E-state index is 12.1. The minimum absolute atomic E-state index is 0.144. The summed E-state index contributed by atoms with van der Waals surface area (Å²) >= 11 is 3.26. The summed E-state index contributed by atoms with van der Waals surface area (Å²) in [6.45, 7) is 3.94. The molecular weight excluding hydrogens is 292 g/mol. The van der Waals surface area contributed by atoms with Crippen LogP contribution in [-0.2, 0) is 0 Å². The summed E-state index contributed by atoms with van der Waals surface area (Å²) in [5.74, 6) is 0.885. The number of hydrogen-bond donors (Lipinski definition) is 1. The van der Waals surface area contributed by atoms with E-state index in [0.717, 1.165) is 23.8 Å². The molecule has 1 fully saturated rings. The van der Waals surface area contributed by atoms with Crippen LogP contribution in [0.1, 0.15) is 22.2 Å². The Hall–Kier alpha value is -1.39.